The Hall–Kier alpha value is -2.18. The number of carbonyl (C=O) groups excluding carboxylic acids is 2. The van der Waals surface area contributed by atoms with E-state index in [-0.39, 0.29) is 31.3 Å². The summed E-state index contributed by atoms with van der Waals surface area (Å²) < 4.78 is 10.5. The van der Waals surface area contributed by atoms with E-state index in [1.54, 1.807) is 0 Å². The molecule has 0 aromatic heterocycles. The molecule has 0 saturated heterocycles. The van der Waals surface area contributed by atoms with Crippen LogP contribution in [-0.4, -0.2) is 47.6 Å². The summed E-state index contributed by atoms with van der Waals surface area (Å²) in [4.78, 5) is 24.2. The molecule has 46 heavy (non-hydrogen) atoms. The predicted octanol–water partition coefficient (Wildman–Crippen LogP) is 10.3. The highest BCUT2D eigenvalue weighted by Gasteiger charge is 2.16. The van der Waals surface area contributed by atoms with Crippen molar-refractivity contribution in [1.29, 1.82) is 0 Å². The number of allylic oxidation sites excluding steroid dienone is 8. The number of carbonyl (C=O) groups is 2. The zero-order valence-corrected chi connectivity index (χ0v) is 29.8. The standard InChI is InChI=1S/C40H70O6/c1-4-37(42)31-27-23-19-15-11-7-5-6-8-12-16-20-24-28-32-39(43)45-35-38(34-41)46-40(44)33-29-25-21-17-13-9-10-14-18-22-26-30-36(2)3/h6-8,11,16,19-20,23,36-38,41-42H,4-5,9-10,12-15,17-18,21-22,24-35H2,1-3H3/b8-6-,11-7-,20-16-,23-19-/t37-,38-/m0/s1. The quantitative estimate of drug-likeness (QED) is 0.0429. The number of unbranched alkanes of at least 4 members (excludes halogenated alkanes) is 11. The first kappa shape index (κ1) is 43.8. The SMILES string of the molecule is CC[C@H](O)CC/C=C\C/C=C\C/C=C\C/C=C\CCCC(=O)OC[C@H](CO)OC(=O)CCCCCCCCCCCCCC(C)C. The molecule has 0 aromatic rings. The number of esters is 2. The maximum absolute atomic E-state index is 12.1. The van der Waals surface area contributed by atoms with Gasteiger partial charge in [0.05, 0.1) is 12.7 Å². The van der Waals surface area contributed by atoms with Crippen LogP contribution in [-0.2, 0) is 19.1 Å². The Bertz CT molecular complexity index is 813. The first-order valence-corrected chi connectivity index (χ1v) is 18.6. The van der Waals surface area contributed by atoms with Gasteiger partial charge in [-0.1, -0.05) is 140 Å². The Morgan fingerprint density at radius 3 is 1.61 bits per heavy atom. The number of aliphatic hydroxyl groups is 2. The normalized spacial score (nSPS) is 13.5. The molecule has 2 N–H and O–H groups in total. The van der Waals surface area contributed by atoms with Crippen LogP contribution in [0.3, 0.4) is 0 Å². The van der Waals surface area contributed by atoms with Crippen LogP contribution in [0.4, 0.5) is 0 Å². The molecular weight excluding hydrogens is 576 g/mol. The monoisotopic (exact) mass is 647 g/mol. The summed E-state index contributed by atoms with van der Waals surface area (Å²) in [6, 6.07) is 0. The van der Waals surface area contributed by atoms with E-state index in [1.165, 1.54) is 57.8 Å². The number of rotatable bonds is 32. The zero-order valence-electron chi connectivity index (χ0n) is 29.8. The van der Waals surface area contributed by atoms with Crippen molar-refractivity contribution < 1.29 is 29.3 Å². The first-order chi connectivity index (χ1) is 22.4. The Morgan fingerprint density at radius 1 is 0.609 bits per heavy atom. The third kappa shape index (κ3) is 33.2. The molecule has 0 heterocycles. The van der Waals surface area contributed by atoms with Crippen LogP contribution in [0.2, 0.25) is 0 Å². The number of aliphatic hydroxyl groups excluding tert-OH is 2. The molecule has 0 fully saturated rings. The van der Waals surface area contributed by atoms with Gasteiger partial charge in [0.2, 0.25) is 0 Å². The number of hydrogen-bond donors (Lipinski definition) is 2. The first-order valence-electron chi connectivity index (χ1n) is 18.6. The molecule has 0 aliphatic rings. The lowest BCUT2D eigenvalue weighted by atomic mass is 10.0. The van der Waals surface area contributed by atoms with Gasteiger partial charge < -0.3 is 19.7 Å². The minimum absolute atomic E-state index is 0.104. The highest BCUT2D eigenvalue weighted by Crippen LogP contribution is 2.14. The Kier molecular flexibility index (Phi) is 32.5. The zero-order chi connectivity index (χ0) is 33.9. The maximum atomic E-state index is 12.1. The Balaban J connectivity index is 3.69. The fourth-order valence-electron chi connectivity index (χ4n) is 4.95. The van der Waals surface area contributed by atoms with Crippen molar-refractivity contribution in [3.05, 3.63) is 48.6 Å². The number of ether oxygens (including phenoxy) is 2. The van der Waals surface area contributed by atoms with E-state index in [4.69, 9.17) is 9.47 Å². The van der Waals surface area contributed by atoms with Gasteiger partial charge in [-0.3, -0.25) is 9.59 Å². The van der Waals surface area contributed by atoms with Crippen molar-refractivity contribution in [1.82, 2.24) is 0 Å². The van der Waals surface area contributed by atoms with E-state index >= 15 is 0 Å². The second kappa shape index (κ2) is 34.2. The highest BCUT2D eigenvalue weighted by molar-refractivity contribution is 5.70. The second-order valence-electron chi connectivity index (χ2n) is 12.9. The van der Waals surface area contributed by atoms with Crippen LogP contribution < -0.4 is 0 Å². The van der Waals surface area contributed by atoms with Crippen molar-refractivity contribution in [2.75, 3.05) is 13.2 Å². The van der Waals surface area contributed by atoms with E-state index < -0.39 is 6.10 Å². The second-order valence-corrected chi connectivity index (χ2v) is 12.9. The molecule has 2 atom stereocenters. The van der Waals surface area contributed by atoms with Crippen LogP contribution in [0.15, 0.2) is 48.6 Å². The minimum Gasteiger partial charge on any atom is -0.462 e. The van der Waals surface area contributed by atoms with E-state index in [0.717, 1.165) is 70.1 Å². The van der Waals surface area contributed by atoms with E-state index in [0.29, 0.717) is 19.3 Å². The fourth-order valence-corrected chi connectivity index (χ4v) is 4.95. The molecule has 0 spiro atoms. The van der Waals surface area contributed by atoms with Gasteiger partial charge in [-0.2, -0.15) is 0 Å². The van der Waals surface area contributed by atoms with Gasteiger partial charge in [-0.15, -0.1) is 0 Å². The Labute approximate surface area is 282 Å². The average molecular weight is 647 g/mol. The van der Waals surface area contributed by atoms with E-state index in [1.807, 2.05) is 6.92 Å². The molecule has 0 radical (unpaired) electrons. The van der Waals surface area contributed by atoms with Crippen molar-refractivity contribution >= 4 is 11.9 Å². The van der Waals surface area contributed by atoms with E-state index in [2.05, 4.69) is 62.5 Å². The van der Waals surface area contributed by atoms with Crippen molar-refractivity contribution in [2.24, 2.45) is 5.92 Å². The van der Waals surface area contributed by atoms with Gasteiger partial charge in [0.15, 0.2) is 6.10 Å². The van der Waals surface area contributed by atoms with Gasteiger partial charge in [0.25, 0.3) is 0 Å². The third-order valence-electron chi connectivity index (χ3n) is 7.97. The van der Waals surface area contributed by atoms with Crippen molar-refractivity contribution in [2.45, 2.75) is 174 Å². The van der Waals surface area contributed by atoms with Crippen LogP contribution >= 0.6 is 0 Å². The molecule has 0 amide bonds. The van der Waals surface area contributed by atoms with Crippen molar-refractivity contribution in [3.63, 3.8) is 0 Å². The van der Waals surface area contributed by atoms with Crippen LogP contribution in [0.25, 0.3) is 0 Å². The lowest BCUT2D eigenvalue weighted by Gasteiger charge is -2.15. The fraction of sp³-hybridized carbons (Fsp3) is 0.750. The van der Waals surface area contributed by atoms with E-state index in [9.17, 15) is 19.8 Å². The topological polar surface area (TPSA) is 93.1 Å². The summed E-state index contributed by atoms with van der Waals surface area (Å²) in [5, 5.41) is 19.0. The van der Waals surface area contributed by atoms with Crippen molar-refractivity contribution in [3.8, 4) is 0 Å². The largest absolute Gasteiger partial charge is 0.462 e. The van der Waals surface area contributed by atoms with Gasteiger partial charge in [0.1, 0.15) is 6.61 Å². The molecular formula is C40H70O6. The summed E-state index contributed by atoms with van der Waals surface area (Å²) in [6.07, 6.45) is 38.3. The highest BCUT2D eigenvalue weighted by atomic mass is 16.6. The lowest BCUT2D eigenvalue weighted by Crippen LogP contribution is -2.28. The molecule has 0 unspecified atom stereocenters. The van der Waals surface area contributed by atoms with Crippen LogP contribution in [0.1, 0.15) is 162 Å². The molecule has 6 heteroatoms. The molecule has 0 aromatic carbocycles. The summed E-state index contributed by atoms with van der Waals surface area (Å²) in [7, 11) is 0. The molecule has 0 bridgehead atoms. The third-order valence-corrected chi connectivity index (χ3v) is 7.97. The average Bonchev–Trinajstić information content (AvgIpc) is 3.04. The van der Waals surface area contributed by atoms with Crippen LogP contribution in [0.5, 0.6) is 0 Å². The molecule has 0 aliphatic heterocycles. The molecule has 6 nitrogen and oxygen atoms in total. The number of hydrogen-bond acceptors (Lipinski definition) is 6. The summed E-state index contributed by atoms with van der Waals surface area (Å²) in [5.41, 5.74) is 0. The minimum atomic E-state index is -0.801. The maximum Gasteiger partial charge on any atom is 0.306 e. The lowest BCUT2D eigenvalue weighted by molar-refractivity contribution is -0.161. The smallest absolute Gasteiger partial charge is 0.306 e. The molecule has 0 saturated carbocycles. The van der Waals surface area contributed by atoms with Gasteiger partial charge in [-0.25, -0.2) is 0 Å². The summed E-state index contributed by atoms with van der Waals surface area (Å²) in [6.45, 7) is 6.13. The summed E-state index contributed by atoms with van der Waals surface area (Å²) in [5.74, 6) is 0.150. The van der Waals surface area contributed by atoms with Crippen LogP contribution in [0, 0.1) is 5.92 Å². The summed E-state index contributed by atoms with van der Waals surface area (Å²) >= 11 is 0. The Morgan fingerprint density at radius 2 is 1.09 bits per heavy atom. The van der Waals surface area contributed by atoms with Gasteiger partial charge >= 0.3 is 11.9 Å². The predicted molar refractivity (Wildman–Crippen MR) is 193 cm³/mol. The molecule has 0 aliphatic carbocycles. The molecule has 266 valence electrons. The van der Waals surface area contributed by atoms with Gasteiger partial charge in [0, 0.05) is 12.8 Å². The van der Waals surface area contributed by atoms with Gasteiger partial charge in [-0.05, 0) is 63.7 Å². The molecule has 0 rings (SSSR count).